The van der Waals surface area contributed by atoms with Crippen molar-refractivity contribution in [3.8, 4) is 5.75 Å². The van der Waals surface area contributed by atoms with Gasteiger partial charge in [-0.05, 0) is 36.1 Å². The Hall–Kier alpha value is -1.17. The Bertz CT molecular complexity index is 458. The Morgan fingerprint density at radius 1 is 1.29 bits per heavy atom. The van der Waals surface area contributed by atoms with Crippen molar-refractivity contribution in [2.24, 2.45) is 5.41 Å². The lowest BCUT2D eigenvalue weighted by molar-refractivity contribution is -0.0498. The highest BCUT2D eigenvalue weighted by Gasteiger charge is 2.17. The molecule has 1 aromatic carbocycles. The van der Waals surface area contributed by atoms with Gasteiger partial charge < -0.3 is 10.1 Å². The molecule has 0 bridgehead atoms. The number of hydrogen-bond donors (Lipinski definition) is 1. The normalized spacial score (nSPS) is 13.1. The molecule has 0 aliphatic heterocycles. The van der Waals surface area contributed by atoms with Crippen LogP contribution in [0.2, 0.25) is 0 Å². The summed E-state index contributed by atoms with van der Waals surface area (Å²) in [5.41, 5.74) is 0.583. The molecule has 0 fully saturated rings. The van der Waals surface area contributed by atoms with E-state index in [-0.39, 0.29) is 21.9 Å². The standard InChI is InChI=1S/C15H20BrF2NO2/c1-15(2,3)8-11(16)9-19-13(20)10-4-6-12(7-5-10)21-14(17)18/h4-7,11,14H,8-9H2,1-3H3,(H,19,20). The molecule has 0 saturated carbocycles. The van der Waals surface area contributed by atoms with Crippen molar-refractivity contribution in [1.29, 1.82) is 0 Å². The first-order valence-corrected chi connectivity index (χ1v) is 7.56. The van der Waals surface area contributed by atoms with E-state index in [0.717, 1.165) is 6.42 Å². The minimum Gasteiger partial charge on any atom is -0.435 e. The minimum absolute atomic E-state index is 0.0349. The number of carbonyl (C=O) groups is 1. The zero-order chi connectivity index (χ0) is 16.0. The monoisotopic (exact) mass is 363 g/mol. The molecule has 0 aliphatic carbocycles. The highest BCUT2D eigenvalue weighted by Crippen LogP contribution is 2.24. The smallest absolute Gasteiger partial charge is 0.387 e. The fourth-order valence-electron chi connectivity index (χ4n) is 1.83. The first-order valence-electron chi connectivity index (χ1n) is 6.64. The van der Waals surface area contributed by atoms with Crippen molar-refractivity contribution in [3.63, 3.8) is 0 Å². The molecule has 1 atom stereocenters. The van der Waals surface area contributed by atoms with Crippen molar-refractivity contribution >= 4 is 21.8 Å². The second-order valence-corrected chi connectivity index (χ2v) is 7.27. The third-order valence-corrected chi connectivity index (χ3v) is 3.31. The Kier molecular flexibility index (Phi) is 6.58. The second kappa shape index (κ2) is 7.73. The van der Waals surface area contributed by atoms with Crippen LogP contribution in [0.25, 0.3) is 0 Å². The van der Waals surface area contributed by atoms with E-state index in [1.165, 1.54) is 24.3 Å². The maximum atomic E-state index is 12.0. The Labute approximate surface area is 132 Å². The molecule has 118 valence electrons. The molecule has 1 rings (SSSR count). The number of benzene rings is 1. The van der Waals surface area contributed by atoms with Gasteiger partial charge in [0, 0.05) is 16.9 Å². The number of hydrogen-bond acceptors (Lipinski definition) is 2. The SMILES string of the molecule is CC(C)(C)CC(Br)CNC(=O)c1ccc(OC(F)F)cc1. The first-order chi connectivity index (χ1) is 9.67. The third-order valence-electron chi connectivity index (χ3n) is 2.66. The molecule has 6 heteroatoms. The summed E-state index contributed by atoms with van der Waals surface area (Å²) in [6.45, 7) is 4.03. The van der Waals surface area contributed by atoms with E-state index in [1.54, 1.807) is 0 Å². The molecular weight excluding hydrogens is 344 g/mol. The third kappa shape index (κ3) is 7.41. The Morgan fingerprint density at radius 3 is 2.33 bits per heavy atom. The van der Waals surface area contributed by atoms with Crippen LogP contribution in [-0.4, -0.2) is 23.9 Å². The average Bonchev–Trinajstić information content (AvgIpc) is 2.34. The van der Waals surface area contributed by atoms with E-state index in [2.05, 4.69) is 46.8 Å². The predicted octanol–water partition coefficient (Wildman–Crippen LogP) is 4.22. The predicted molar refractivity (Wildman–Crippen MR) is 82.2 cm³/mol. The van der Waals surface area contributed by atoms with Crippen molar-refractivity contribution in [1.82, 2.24) is 5.32 Å². The van der Waals surface area contributed by atoms with E-state index < -0.39 is 6.61 Å². The molecule has 1 aromatic rings. The fourth-order valence-corrected chi connectivity index (χ4v) is 2.96. The van der Waals surface area contributed by atoms with Crippen LogP contribution in [0.4, 0.5) is 8.78 Å². The van der Waals surface area contributed by atoms with Gasteiger partial charge in [0.2, 0.25) is 0 Å². The molecule has 0 heterocycles. The molecule has 1 amide bonds. The van der Waals surface area contributed by atoms with Gasteiger partial charge in [-0.15, -0.1) is 0 Å². The minimum atomic E-state index is -2.86. The van der Waals surface area contributed by atoms with E-state index in [0.29, 0.717) is 12.1 Å². The van der Waals surface area contributed by atoms with Gasteiger partial charge in [0.25, 0.3) is 5.91 Å². The maximum Gasteiger partial charge on any atom is 0.387 e. The first kappa shape index (κ1) is 17.9. The summed E-state index contributed by atoms with van der Waals surface area (Å²) in [4.78, 5) is 12.1. The number of rotatable bonds is 6. The lowest BCUT2D eigenvalue weighted by Crippen LogP contribution is -2.31. The van der Waals surface area contributed by atoms with Crippen molar-refractivity contribution in [3.05, 3.63) is 29.8 Å². The van der Waals surface area contributed by atoms with Gasteiger partial charge >= 0.3 is 6.61 Å². The van der Waals surface area contributed by atoms with Crippen LogP contribution in [-0.2, 0) is 0 Å². The summed E-state index contributed by atoms with van der Waals surface area (Å²) in [6, 6.07) is 5.61. The van der Waals surface area contributed by atoms with E-state index >= 15 is 0 Å². The van der Waals surface area contributed by atoms with E-state index in [1.807, 2.05) is 0 Å². The topological polar surface area (TPSA) is 38.3 Å². The number of carbonyl (C=O) groups excluding carboxylic acids is 1. The van der Waals surface area contributed by atoms with Gasteiger partial charge in [-0.2, -0.15) is 8.78 Å². The number of alkyl halides is 3. The van der Waals surface area contributed by atoms with Crippen LogP contribution in [0, 0.1) is 5.41 Å². The summed E-state index contributed by atoms with van der Waals surface area (Å²) in [6.07, 6.45) is 0.925. The molecule has 21 heavy (non-hydrogen) atoms. The highest BCUT2D eigenvalue weighted by molar-refractivity contribution is 9.09. The molecule has 0 saturated heterocycles. The van der Waals surface area contributed by atoms with Crippen LogP contribution in [0.15, 0.2) is 24.3 Å². The molecule has 0 radical (unpaired) electrons. The molecule has 0 aromatic heterocycles. The number of amides is 1. The molecule has 1 unspecified atom stereocenters. The molecule has 0 spiro atoms. The zero-order valence-corrected chi connectivity index (χ0v) is 13.9. The summed E-state index contributed by atoms with van der Waals surface area (Å²) in [5, 5.41) is 2.81. The average molecular weight is 364 g/mol. The van der Waals surface area contributed by atoms with Gasteiger partial charge in [0.15, 0.2) is 0 Å². The quantitative estimate of drug-likeness (QED) is 0.768. The Balaban J connectivity index is 2.48. The molecular formula is C15H20BrF2NO2. The van der Waals surface area contributed by atoms with Crippen molar-refractivity contribution in [2.75, 3.05) is 6.54 Å². The number of ether oxygens (including phenoxy) is 1. The largest absolute Gasteiger partial charge is 0.435 e. The molecule has 3 nitrogen and oxygen atoms in total. The van der Waals surface area contributed by atoms with Crippen LogP contribution in [0.3, 0.4) is 0 Å². The highest BCUT2D eigenvalue weighted by atomic mass is 79.9. The Morgan fingerprint density at radius 2 is 1.86 bits per heavy atom. The lowest BCUT2D eigenvalue weighted by Gasteiger charge is -2.22. The number of nitrogens with one attached hydrogen (secondary N) is 1. The summed E-state index contributed by atoms with van der Waals surface area (Å²) < 4.78 is 28.3. The molecule has 1 N–H and O–H groups in total. The summed E-state index contributed by atoms with van der Waals surface area (Å²) in [5.74, 6) is -0.204. The van der Waals surface area contributed by atoms with Gasteiger partial charge in [-0.3, -0.25) is 4.79 Å². The maximum absolute atomic E-state index is 12.0. The lowest BCUT2D eigenvalue weighted by atomic mass is 9.90. The molecule has 0 aliphatic rings. The second-order valence-electron chi connectivity index (χ2n) is 5.97. The number of halogens is 3. The summed E-state index contributed by atoms with van der Waals surface area (Å²) >= 11 is 3.54. The van der Waals surface area contributed by atoms with Gasteiger partial charge in [0.1, 0.15) is 5.75 Å². The van der Waals surface area contributed by atoms with Gasteiger partial charge in [0.05, 0.1) is 0 Å². The zero-order valence-electron chi connectivity index (χ0n) is 12.3. The van der Waals surface area contributed by atoms with Crippen LogP contribution in [0.5, 0.6) is 5.75 Å². The van der Waals surface area contributed by atoms with E-state index in [9.17, 15) is 13.6 Å². The van der Waals surface area contributed by atoms with Crippen LogP contribution < -0.4 is 10.1 Å². The van der Waals surface area contributed by atoms with Crippen LogP contribution in [0.1, 0.15) is 37.6 Å². The van der Waals surface area contributed by atoms with E-state index in [4.69, 9.17) is 0 Å². The van der Waals surface area contributed by atoms with Gasteiger partial charge in [-0.1, -0.05) is 36.7 Å². The van der Waals surface area contributed by atoms with Gasteiger partial charge in [-0.25, -0.2) is 0 Å². The van der Waals surface area contributed by atoms with Crippen molar-refractivity contribution in [2.45, 2.75) is 38.6 Å². The van der Waals surface area contributed by atoms with Crippen LogP contribution >= 0.6 is 15.9 Å². The van der Waals surface area contributed by atoms with Crippen molar-refractivity contribution < 1.29 is 18.3 Å². The fraction of sp³-hybridized carbons (Fsp3) is 0.533. The summed E-state index contributed by atoms with van der Waals surface area (Å²) in [7, 11) is 0.